The van der Waals surface area contributed by atoms with Gasteiger partial charge in [-0.05, 0) is 24.3 Å². The van der Waals surface area contributed by atoms with Gasteiger partial charge >= 0.3 is 5.97 Å². The second-order valence-corrected chi connectivity index (χ2v) is 2.57. The van der Waals surface area contributed by atoms with Crippen molar-refractivity contribution in [1.82, 2.24) is 0 Å². The molecule has 14 heavy (non-hydrogen) atoms. The number of phenolic OH excluding ortho intramolecular Hbond substituents is 1. The van der Waals surface area contributed by atoms with E-state index in [9.17, 15) is 14.7 Å². The number of hydrogen-bond acceptors (Lipinski definition) is 3. The number of carbonyl (C=O) groups excluding carboxylic acids is 1. The van der Waals surface area contributed by atoms with E-state index in [4.69, 9.17) is 5.11 Å². The SMILES string of the molecule is O=CC=Cc1ccc(C(=O)O)cc1O. The number of aldehydes is 1. The summed E-state index contributed by atoms with van der Waals surface area (Å²) in [6, 6.07) is 3.91. The fraction of sp³-hybridized carbons (Fsp3) is 0. The lowest BCUT2D eigenvalue weighted by molar-refractivity contribution is -0.104. The van der Waals surface area contributed by atoms with E-state index in [-0.39, 0.29) is 11.3 Å². The number of carboxylic acids is 1. The zero-order valence-electron chi connectivity index (χ0n) is 7.18. The van der Waals surface area contributed by atoms with Gasteiger partial charge in [0.2, 0.25) is 0 Å². The number of phenols is 1. The van der Waals surface area contributed by atoms with Gasteiger partial charge in [-0.15, -0.1) is 0 Å². The molecule has 0 bridgehead atoms. The highest BCUT2D eigenvalue weighted by Gasteiger charge is 2.05. The molecule has 1 rings (SSSR count). The first-order chi connectivity index (χ1) is 6.65. The van der Waals surface area contributed by atoms with Crippen LogP contribution in [-0.4, -0.2) is 22.5 Å². The van der Waals surface area contributed by atoms with Gasteiger partial charge in [-0.1, -0.05) is 6.07 Å². The number of benzene rings is 1. The van der Waals surface area contributed by atoms with Gasteiger partial charge in [-0.25, -0.2) is 4.79 Å². The molecule has 0 fully saturated rings. The summed E-state index contributed by atoms with van der Waals surface area (Å²) in [6.07, 6.45) is 3.19. The molecule has 0 aliphatic rings. The lowest BCUT2D eigenvalue weighted by Crippen LogP contribution is -1.95. The Hall–Kier alpha value is -2.10. The fourth-order valence-corrected chi connectivity index (χ4v) is 0.961. The van der Waals surface area contributed by atoms with Crippen LogP contribution in [0.4, 0.5) is 0 Å². The molecule has 0 heterocycles. The van der Waals surface area contributed by atoms with Gasteiger partial charge in [0.05, 0.1) is 5.56 Å². The standard InChI is InChI=1S/C10H8O4/c11-5-1-2-7-3-4-8(10(13)14)6-9(7)12/h1-6,12H,(H,13,14). The molecule has 1 aromatic carbocycles. The summed E-state index contributed by atoms with van der Waals surface area (Å²) in [7, 11) is 0. The molecule has 0 aromatic heterocycles. The topological polar surface area (TPSA) is 74.6 Å². The molecule has 0 unspecified atom stereocenters. The van der Waals surface area contributed by atoms with Crippen molar-refractivity contribution in [3.05, 3.63) is 35.4 Å². The van der Waals surface area contributed by atoms with E-state index in [2.05, 4.69) is 0 Å². The average Bonchev–Trinajstić information content (AvgIpc) is 2.15. The molecule has 0 atom stereocenters. The van der Waals surface area contributed by atoms with E-state index in [0.29, 0.717) is 11.8 Å². The van der Waals surface area contributed by atoms with Gasteiger partial charge in [-0.3, -0.25) is 4.79 Å². The van der Waals surface area contributed by atoms with E-state index in [1.165, 1.54) is 24.3 Å². The molecular weight excluding hydrogens is 184 g/mol. The van der Waals surface area contributed by atoms with Gasteiger partial charge in [0, 0.05) is 5.56 Å². The number of rotatable bonds is 3. The van der Waals surface area contributed by atoms with Crippen LogP contribution >= 0.6 is 0 Å². The molecule has 0 amide bonds. The molecule has 0 aliphatic heterocycles. The molecule has 1 aromatic rings. The summed E-state index contributed by atoms with van der Waals surface area (Å²) in [6.45, 7) is 0. The summed E-state index contributed by atoms with van der Waals surface area (Å²) < 4.78 is 0. The van der Waals surface area contributed by atoms with Crippen molar-refractivity contribution in [1.29, 1.82) is 0 Å². The molecule has 72 valence electrons. The number of carboxylic acid groups (broad SMARTS) is 1. The first-order valence-electron chi connectivity index (χ1n) is 3.83. The molecule has 0 radical (unpaired) electrons. The minimum absolute atomic E-state index is 0.00533. The molecule has 0 spiro atoms. The Bertz CT molecular complexity index is 393. The van der Waals surface area contributed by atoms with Gasteiger partial charge in [0.1, 0.15) is 12.0 Å². The van der Waals surface area contributed by atoms with Crippen molar-refractivity contribution < 1.29 is 19.8 Å². The summed E-state index contributed by atoms with van der Waals surface area (Å²) in [4.78, 5) is 20.5. The van der Waals surface area contributed by atoms with E-state index >= 15 is 0 Å². The van der Waals surface area contributed by atoms with Crippen molar-refractivity contribution in [3.63, 3.8) is 0 Å². The predicted molar refractivity (Wildman–Crippen MR) is 50.2 cm³/mol. The van der Waals surface area contributed by atoms with E-state index in [0.717, 1.165) is 6.07 Å². The minimum atomic E-state index is -1.11. The molecule has 4 heteroatoms. The lowest BCUT2D eigenvalue weighted by atomic mass is 10.1. The fourth-order valence-electron chi connectivity index (χ4n) is 0.961. The maximum absolute atomic E-state index is 10.5. The summed E-state index contributed by atoms with van der Waals surface area (Å²) in [5.74, 6) is -1.27. The van der Waals surface area contributed by atoms with E-state index < -0.39 is 5.97 Å². The van der Waals surface area contributed by atoms with Gasteiger partial charge in [0.15, 0.2) is 0 Å². The van der Waals surface area contributed by atoms with Gasteiger partial charge < -0.3 is 10.2 Å². The van der Waals surface area contributed by atoms with E-state index in [1.807, 2.05) is 0 Å². The molecular formula is C10H8O4. The number of carbonyl (C=O) groups is 2. The molecule has 4 nitrogen and oxygen atoms in total. The summed E-state index contributed by atoms with van der Waals surface area (Å²) in [5.41, 5.74) is 0.410. The molecule has 2 N–H and O–H groups in total. The van der Waals surface area contributed by atoms with Crippen LogP contribution in [0.5, 0.6) is 5.75 Å². The Labute approximate surface area is 80.1 Å². The molecule has 0 aliphatic carbocycles. The normalized spacial score (nSPS) is 10.3. The third-order valence-corrected chi connectivity index (χ3v) is 1.63. The Morgan fingerprint density at radius 2 is 2.07 bits per heavy atom. The zero-order chi connectivity index (χ0) is 10.6. The summed E-state index contributed by atoms with van der Waals surface area (Å²) >= 11 is 0. The largest absolute Gasteiger partial charge is 0.507 e. The monoisotopic (exact) mass is 192 g/mol. The van der Waals surface area contributed by atoms with E-state index in [1.54, 1.807) is 0 Å². The smallest absolute Gasteiger partial charge is 0.335 e. The Morgan fingerprint density at radius 1 is 1.36 bits per heavy atom. The van der Waals surface area contributed by atoms with Crippen LogP contribution in [0.1, 0.15) is 15.9 Å². The molecule has 0 saturated carbocycles. The van der Waals surface area contributed by atoms with Crippen molar-refractivity contribution in [2.24, 2.45) is 0 Å². The highest BCUT2D eigenvalue weighted by atomic mass is 16.4. The number of hydrogen-bond donors (Lipinski definition) is 2. The average molecular weight is 192 g/mol. The molecule has 0 saturated heterocycles. The van der Waals surface area contributed by atoms with Crippen LogP contribution in [-0.2, 0) is 4.79 Å². The lowest BCUT2D eigenvalue weighted by Gasteiger charge is -1.99. The van der Waals surface area contributed by atoms with Crippen LogP contribution in [0, 0.1) is 0 Å². The second-order valence-electron chi connectivity index (χ2n) is 2.57. The minimum Gasteiger partial charge on any atom is -0.507 e. The van der Waals surface area contributed by atoms with Crippen molar-refractivity contribution in [2.75, 3.05) is 0 Å². The Morgan fingerprint density at radius 3 is 2.57 bits per heavy atom. The van der Waals surface area contributed by atoms with Crippen LogP contribution in [0.25, 0.3) is 6.08 Å². The highest BCUT2D eigenvalue weighted by Crippen LogP contribution is 2.19. The highest BCUT2D eigenvalue weighted by molar-refractivity contribution is 5.89. The van der Waals surface area contributed by atoms with Crippen LogP contribution in [0.15, 0.2) is 24.3 Å². The summed E-state index contributed by atoms with van der Waals surface area (Å²) in [5, 5.41) is 17.9. The Balaban J connectivity index is 3.07. The van der Waals surface area contributed by atoms with Crippen molar-refractivity contribution >= 4 is 18.3 Å². The van der Waals surface area contributed by atoms with Gasteiger partial charge in [0.25, 0.3) is 0 Å². The third-order valence-electron chi connectivity index (χ3n) is 1.63. The van der Waals surface area contributed by atoms with Crippen molar-refractivity contribution in [2.45, 2.75) is 0 Å². The maximum Gasteiger partial charge on any atom is 0.335 e. The maximum atomic E-state index is 10.5. The van der Waals surface area contributed by atoms with Crippen LogP contribution < -0.4 is 0 Å². The van der Waals surface area contributed by atoms with Crippen LogP contribution in [0.2, 0.25) is 0 Å². The number of aromatic carboxylic acids is 1. The first kappa shape index (κ1) is 9.98. The second kappa shape index (κ2) is 4.23. The van der Waals surface area contributed by atoms with Crippen molar-refractivity contribution in [3.8, 4) is 5.75 Å². The van der Waals surface area contributed by atoms with Crippen LogP contribution in [0.3, 0.4) is 0 Å². The predicted octanol–water partition coefficient (Wildman–Crippen LogP) is 1.30. The number of allylic oxidation sites excluding steroid dienone is 1. The van der Waals surface area contributed by atoms with Gasteiger partial charge in [-0.2, -0.15) is 0 Å². The number of aromatic hydroxyl groups is 1. The zero-order valence-corrected chi connectivity index (χ0v) is 7.18. The quantitative estimate of drug-likeness (QED) is 0.559. The Kier molecular flexibility index (Phi) is 3.01. The first-order valence-corrected chi connectivity index (χ1v) is 3.83. The third kappa shape index (κ3) is 2.20.